The number of amides is 2. The number of benzene rings is 2. The molecule has 1 saturated heterocycles. The summed E-state index contributed by atoms with van der Waals surface area (Å²) < 4.78 is 18.5. The van der Waals surface area contributed by atoms with Crippen molar-refractivity contribution < 1.29 is 18.7 Å². The number of nitrogens with zero attached hydrogens (tertiary/aromatic N) is 2. The van der Waals surface area contributed by atoms with E-state index in [2.05, 4.69) is 10.3 Å². The van der Waals surface area contributed by atoms with Crippen LogP contribution in [0.1, 0.15) is 6.42 Å². The standard InChI is InChI=1S/C19H18FN3O3S/c1-23-17(24)11-16(18(25)21-14-7-4-8-15(10-14)26-2)27-19(23)22-13-6-3-5-12(20)9-13/h3-10,16H,11H2,1-2H3,(H,21,25)/t16-/m0/s1. The molecular formula is C19H18FN3O3S. The molecule has 27 heavy (non-hydrogen) atoms. The third kappa shape index (κ3) is 4.65. The highest BCUT2D eigenvalue weighted by Gasteiger charge is 2.34. The zero-order chi connectivity index (χ0) is 19.4. The molecule has 6 nitrogen and oxygen atoms in total. The molecule has 0 unspecified atom stereocenters. The zero-order valence-corrected chi connectivity index (χ0v) is 15.6. The summed E-state index contributed by atoms with van der Waals surface area (Å²) in [6.07, 6.45) is 0.0547. The molecule has 0 radical (unpaired) electrons. The fourth-order valence-electron chi connectivity index (χ4n) is 2.48. The molecule has 0 aliphatic carbocycles. The number of carbonyl (C=O) groups is 2. The Labute approximate surface area is 160 Å². The van der Waals surface area contributed by atoms with Crippen molar-refractivity contribution in [3.8, 4) is 5.75 Å². The van der Waals surface area contributed by atoms with Crippen LogP contribution in [-0.2, 0) is 9.59 Å². The Morgan fingerprint density at radius 2 is 2.07 bits per heavy atom. The second-order valence-electron chi connectivity index (χ2n) is 5.86. The summed E-state index contributed by atoms with van der Waals surface area (Å²) in [6, 6.07) is 12.7. The highest BCUT2D eigenvalue weighted by Crippen LogP contribution is 2.29. The molecule has 1 aliphatic heterocycles. The predicted octanol–water partition coefficient (Wildman–Crippen LogP) is 3.42. The van der Waals surface area contributed by atoms with Crippen molar-refractivity contribution in [1.82, 2.24) is 4.90 Å². The lowest BCUT2D eigenvalue weighted by atomic mass is 10.2. The van der Waals surface area contributed by atoms with Crippen molar-refractivity contribution in [2.75, 3.05) is 19.5 Å². The third-order valence-corrected chi connectivity index (χ3v) is 5.17. The van der Waals surface area contributed by atoms with E-state index in [1.807, 2.05) is 0 Å². The lowest BCUT2D eigenvalue weighted by molar-refractivity contribution is -0.128. The van der Waals surface area contributed by atoms with Crippen molar-refractivity contribution in [3.05, 3.63) is 54.3 Å². The normalized spacial score (nSPS) is 18.5. The van der Waals surface area contributed by atoms with Crippen LogP contribution in [0.4, 0.5) is 15.8 Å². The van der Waals surface area contributed by atoms with Gasteiger partial charge in [0.1, 0.15) is 16.8 Å². The summed E-state index contributed by atoms with van der Waals surface area (Å²) in [6.45, 7) is 0. The van der Waals surface area contributed by atoms with Gasteiger partial charge in [0, 0.05) is 25.2 Å². The van der Waals surface area contributed by atoms with Gasteiger partial charge in [-0.2, -0.15) is 0 Å². The Bertz CT molecular complexity index is 903. The molecule has 0 saturated carbocycles. The highest BCUT2D eigenvalue weighted by atomic mass is 32.2. The average Bonchev–Trinajstić information content (AvgIpc) is 2.65. The minimum atomic E-state index is -0.632. The first-order valence-electron chi connectivity index (χ1n) is 8.18. The molecule has 0 aromatic heterocycles. The van der Waals surface area contributed by atoms with Gasteiger partial charge in [-0.05, 0) is 30.3 Å². The molecule has 1 N–H and O–H groups in total. The fourth-order valence-corrected chi connectivity index (χ4v) is 3.54. The number of nitrogens with one attached hydrogen (secondary N) is 1. The minimum absolute atomic E-state index is 0.0547. The van der Waals surface area contributed by atoms with Crippen LogP contribution in [0.2, 0.25) is 0 Å². The fraction of sp³-hybridized carbons (Fsp3) is 0.211. The quantitative estimate of drug-likeness (QED) is 0.873. The molecule has 0 bridgehead atoms. The summed E-state index contributed by atoms with van der Waals surface area (Å²) in [5, 5.41) is 2.51. The summed E-state index contributed by atoms with van der Waals surface area (Å²) >= 11 is 1.17. The van der Waals surface area contributed by atoms with E-state index in [0.717, 1.165) is 0 Å². The van der Waals surface area contributed by atoms with Gasteiger partial charge >= 0.3 is 0 Å². The summed E-state index contributed by atoms with van der Waals surface area (Å²) in [5.74, 6) is -0.330. The van der Waals surface area contributed by atoms with Gasteiger partial charge in [0.05, 0.1) is 12.8 Å². The monoisotopic (exact) mass is 387 g/mol. The Hall–Kier alpha value is -2.87. The summed E-state index contributed by atoms with van der Waals surface area (Å²) in [5.41, 5.74) is 0.959. The Morgan fingerprint density at radius 1 is 1.30 bits per heavy atom. The van der Waals surface area contributed by atoms with Crippen LogP contribution in [0.25, 0.3) is 0 Å². The molecular weight excluding hydrogens is 369 g/mol. The van der Waals surface area contributed by atoms with Crippen molar-refractivity contribution in [2.45, 2.75) is 11.7 Å². The number of aliphatic imine (C=N–C) groups is 1. The van der Waals surface area contributed by atoms with Crippen LogP contribution in [0, 0.1) is 5.82 Å². The SMILES string of the molecule is COc1cccc(NC(=O)[C@@H]2CC(=O)N(C)C(=Nc3cccc(F)c3)S2)c1. The van der Waals surface area contributed by atoms with Gasteiger partial charge in [0.25, 0.3) is 0 Å². The predicted molar refractivity (Wildman–Crippen MR) is 104 cm³/mol. The van der Waals surface area contributed by atoms with Gasteiger partial charge in [-0.15, -0.1) is 0 Å². The molecule has 1 fully saturated rings. The van der Waals surface area contributed by atoms with Crippen LogP contribution in [0.15, 0.2) is 53.5 Å². The van der Waals surface area contributed by atoms with Crippen LogP contribution >= 0.6 is 11.8 Å². The number of halogens is 1. The van der Waals surface area contributed by atoms with E-state index in [1.54, 1.807) is 44.5 Å². The van der Waals surface area contributed by atoms with E-state index in [1.165, 1.54) is 34.9 Å². The number of hydrogen-bond acceptors (Lipinski definition) is 5. The van der Waals surface area contributed by atoms with Crippen LogP contribution in [0.3, 0.4) is 0 Å². The van der Waals surface area contributed by atoms with Gasteiger partial charge in [-0.3, -0.25) is 14.5 Å². The maximum atomic E-state index is 13.4. The second-order valence-corrected chi connectivity index (χ2v) is 7.03. The summed E-state index contributed by atoms with van der Waals surface area (Å²) in [7, 11) is 3.13. The van der Waals surface area contributed by atoms with Gasteiger partial charge < -0.3 is 10.1 Å². The van der Waals surface area contributed by atoms with E-state index in [9.17, 15) is 14.0 Å². The van der Waals surface area contributed by atoms with Gasteiger partial charge in [-0.25, -0.2) is 9.38 Å². The number of ether oxygens (including phenoxy) is 1. The topological polar surface area (TPSA) is 71.0 Å². The smallest absolute Gasteiger partial charge is 0.238 e. The second kappa shape index (κ2) is 8.22. The first-order chi connectivity index (χ1) is 13.0. The van der Waals surface area contributed by atoms with Crippen LogP contribution < -0.4 is 10.1 Å². The average molecular weight is 387 g/mol. The number of anilines is 1. The number of thioether (sulfide) groups is 1. The Kier molecular flexibility index (Phi) is 5.75. The molecule has 140 valence electrons. The van der Waals surface area contributed by atoms with Gasteiger partial charge in [0.2, 0.25) is 11.8 Å². The zero-order valence-electron chi connectivity index (χ0n) is 14.8. The van der Waals surface area contributed by atoms with Crippen molar-refractivity contribution in [2.24, 2.45) is 4.99 Å². The summed E-state index contributed by atoms with van der Waals surface area (Å²) in [4.78, 5) is 30.6. The van der Waals surface area contributed by atoms with E-state index in [0.29, 0.717) is 22.3 Å². The van der Waals surface area contributed by atoms with E-state index in [-0.39, 0.29) is 18.2 Å². The first-order valence-corrected chi connectivity index (χ1v) is 9.06. The van der Waals surface area contributed by atoms with Gasteiger partial charge in [0.15, 0.2) is 5.17 Å². The number of hydrogen-bond donors (Lipinski definition) is 1. The lowest BCUT2D eigenvalue weighted by Gasteiger charge is -2.28. The van der Waals surface area contributed by atoms with Crippen molar-refractivity contribution in [1.29, 1.82) is 0 Å². The first kappa shape index (κ1) is 18.9. The molecule has 1 aliphatic rings. The molecule has 3 rings (SSSR count). The largest absolute Gasteiger partial charge is 0.497 e. The molecule has 1 atom stereocenters. The maximum Gasteiger partial charge on any atom is 0.238 e. The van der Waals surface area contributed by atoms with Crippen molar-refractivity contribution in [3.63, 3.8) is 0 Å². The molecule has 2 aromatic rings. The Morgan fingerprint density at radius 3 is 2.81 bits per heavy atom. The van der Waals surface area contributed by atoms with Crippen LogP contribution in [0.5, 0.6) is 5.75 Å². The lowest BCUT2D eigenvalue weighted by Crippen LogP contribution is -2.43. The van der Waals surface area contributed by atoms with Gasteiger partial charge in [-0.1, -0.05) is 23.9 Å². The number of amidine groups is 1. The van der Waals surface area contributed by atoms with E-state index in [4.69, 9.17) is 4.74 Å². The Balaban J connectivity index is 1.77. The number of rotatable bonds is 4. The molecule has 1 heterocycles. The molecule has 8 heteroatoms. The molecule has 0 spiro atoms. The van der Waals surface area contributed by atoms with Crippen molar-refractivity contribution >= 4 is 40.1 Å². The molecule has 2 aromatic carbocycles. The number of methoxy groups -OCH3 is 1. The maximum absolute atomic E-state index is 13.4. The van der Waals surface area contributed by atoms with E-state index >= 15 is 0 Å². The number of carbonyl (C=O) groups excluding carboxylic acids is 2. The minimum Gasteiger partial charge on any atom is -0.497 e. The highest BCUT2D eigenvalue weighted by molar-refractivity contribution is 8.15. The third-order valence-electron chi connectivity index (χ3n) is 3.93. The van der Waals surface area contributed by atoms with Crippen LogP contribution in [-0.4, -0.2) is 41.3 Å². The molecule has 2 amide bonds. The van der Waals surface area contributed by atoms with E-state index < -0.39 is 11.1 Å².